The number of methoxy groups -OCH3 is 1. The summed E-state index contributed by atoms with van der Waals surface area (Å²) in [6.45, 7) is -0.140. The Balaban J connectivity index is 1.97. The lowest BCUT2D eigenvalue weighted by atomic mass is 10.2. The first-order valence-corrected chi connectivity index (χ1v) is 9.84. The van der Waals surface area contributed by atoms with Gasteiger partial charge in [0.05, 0.1) is 19.9 Å². The summed E-state index contributed by atoms with van der Waals surface area (Å²) >= 11 is 0. The predicted molar refractivity (Wildman–Crippen MR) is 103 cm³/mol. The quantitative estimate of drug-likeness (QED) is 0.749. The van der Waals surface area contributed by atoms with Gasteiger partial charge in [0, 0.05) is 30.1 Å². The molecule has 0 aromatic heterocycles. The average Bonchev–Trinajstić information content (AvgIpc) is 2.60. The summed E-state index contributed by atoms with van der Waals surface area (Å²) in [6, 6.07) is 12.8. The zero-order valence-corrected chi connectivity index (χ0v) is 16.0. The van der Waals surface area contributed by atoms with Crippen LogP contribution in [0.5, 0.6) is 5.75 Å². The number of ether oxygens (including phenoxy) is 1. The van der Waals surface area contributed by atoms with E-state index < -0.39 is 10.0 Å². The summed E-state index contributed by atoms with van der Waals surface area (Å²) in [7, 11) is -0.343. The van der Waals surface area contributed by atoms with E-state index in [0.717, 1.165) is 6.26 Å². The van der Waals surface area contributed by atoms with Gasteiger partial charge in [-0.15, -0.1) is 0 Å². The molecule has 0 spiro atoms. The van der Waals surface area contributed by atoms with Gasteiger partial charge in [0.2, 0.25) is 15.9 Å². The molecular weight excluding hydrogens is 370 g/mol. The Morgan fingerprint density at radius 2 is 1.74 bits per heavy atom. The van der Waals surface area contributed by atoms with Crippen molar-refractivity contribution in [1.29, 1.82) is 0 Å². The van der Waals surface area contributed by atoms with Gasteiger partial charge in [0.25, 0.3) is 5.91 Å². The smallest absolute Gasteiger partial charge is 0.254 e. The summed E-state index contributed by atoms with van der Waals surface area (Å²) in [5.41, 5.74) is 1.26. The van der Waals surface area contributed by atoms with Crippen molar-refractivity contribution in [2.75, 3.05) is 37.0 Å². The third kappa shape index (κ3) is 6.30. The van der Waals surface area contributed by atoms with Crippen LogP contribution in [0.15, 0.2) is 48.5 Å². The summed E-state index contributed by atoms with van der Waals surface area (Å²) in [4.78, 5) is 25.8. The molecule has 0 unspecified atom stereocenters. The Hall–Kier alpha value is -3.07. The van der Waals surface area contributed by atoms with E-state index in [0.29, 0.717) is 22.7 Å². The van der Waals surface area contributed by atoms with Crippen LogP contribution in [0.3, 0.4) is 0 Å². The molecule has 0 bridgehead atoms. The zero-order chi connectivity index (χ0) is 20.0. The van der Waals surface area contributed by atoms with Crippen molar-refractivity contribution in [3.63, 3.8) is 0 Å². The Morgan fingerprint density at radius 3 is 2.33 bits per heavy atom. The topological polar surface area (TPSA) is 105 Å². The number of carbonyl (C=O) groups excluding carboxylic acids is 2. The highest BCUT2D eigenvalue weighted by Crippen LogP contribution is 2.17. The average molecular weight is 391 g/mol. The van der Waals surface area contributed by atoms with Crippen LogP contribution in [0.4, 0.5) is 11.4 Å². The number of amides is 2. The number of sulfonamides is 1. The standard InChI is InChI=1S/C18H21N3O5S/c1-21(12-17(22)19-15-5-4-6-16(11-15)26-2)18(23)13-7-9-14(10-8-13)20-27(3,24)25/h4-11,20H,12H2,1-3H3,(H,19,22). The van der Waals surface area contributed by atoms with Crippen LogP contribution in [0.25, 0.3) is 0 Å². The summed E-state index contributed by atoms with van der Waals surface area (Å²) in [5.74, 6) is -0.101. The SMILES string of the molecule is COc1cccc(NC(=O)CN(C)C(=O)c2ccc(NS(C)(=O)=O)cc2)c1. The van der Waals surface area contributed by atoms with E-state index in [4.69, 9.17) is 4.74 Å². The first kappa shape index (κ1) is 20.2. The van der Waals surface area contributed by atoms with Crippen molar-refractivity contribution in [1.82, 2.24) is 4.90 Å². The Morgan fingerprint density at radius 1 is 1.07 bits per heavy atom. The predicted octanol–water partition coefficient (Wildman–Crippen LogP) is 1.78. The van der Waals surface area contributed by atoms with E-state index in [9.17, 15) is 18.0 Å². The monoisotopic (exact) mass is 391 g/mol. The van der Waals surface area contributed by atoms with Gasteiger partial charge >= 0.3 is 0 Å². The number of anilines is 2. The van der Waals surface area contributed by atoms with Gasteiger partial charge in [-0.05, 0) is 36.4 Å². The third-order valence-electron chi connectivity index (χ3n) is 3.52. The fraction of sp³-hybridized carbons (Fsp3) is 0.222. The Kier molecular flexibility index (Phi) is 6.40. The first-order valence-electron chi connectivity index (χ1n) is 7.95. The summed E-state index contributed by atoms with van der Waals surface area (Å²) < 4.78 is 29.8. The second kappa shape index (κ2) is 8.54. The number of nitrogens with one attached hydrogen (secondary N) is 2. The van der Waals surface area contributed by atoms with Crippen LogP contribution in [0.1, 0.15) is 10.4 Å². The fourth-order valence-corrected chi connectivity index (χ4v) is 2.87. The van der Waals surface area contributed by atoms with Crippen molar-refractivity contribution < 1.29 is 22.7 Å². The molecule has 0 aliphatic rings. The van der Waals surface area contributed by atoms with E-state index in [-0.39, 0.29) is 18.4 Å². The van der Waals surface area contributed by atoms with Crippen LogP contribution in [-0.2, 0) is 14.8 Å². The molecule has 27 heavy (non-hydrogen) atoms. The van der Waals surface area contributed by atoms with Crippen LogP contribution < -0.4 is 14.8 Å². The molecule has 144 valence electrons. The van der Waals surface area contributed by atoms with Crippen LogP contribution in [0, 0.1) is 0 Å². The molecule has 0 saturated heterocycles. The van der Waals surface area contributed by atoms with Gasteiger partial charge in [-0.1, -0.05) is 6.07 Å². The van der Waals surface area contributed by atoms with Crippen molar-refractivity contribution >= 4 is 33.2 Å². The second-order valence-corrected chi connectivity index (χ2v) is 7.64. The van der Waals surface area contributed by atoms with Gasteiger partial charge < -0.3 is 15.0 Å². The molecule has 2 N–H and O–H groups in total. The molecule has 0 fully saturated rings. The van der Waals surface area contributed by atoms with Crippen LogP contribution in [-0.4, -0.2) is 52.1 Å². The van der Waals surface area contributed by atoms with Gasteiger partial charge in [-0.25, -0.2) is 8.42 Å². The van der Waals surface area contributed by atoms with Gasteiger partial charge in [-0.3, -0.25) is 14.3 Å². The molecule has 0 radical (unpaired) electrons. The van der Waals surface area contributed by atoms with E-state index in [1.54, 1.807) is 24.3 Å². The van der Waals surface area contributed by atoms with Crippen molar-refractivity contribution in [3.05, 3.63) is 54.1 Å². The fourth-order valence-electron chi connectivity index (χ4n) is 2.30. The van der Waals surface area contributed by atoms with Crippen LogP contribution in [0.2, 0.25) is 0 Å². The Bertz CT molecular complexity index is 926. The molecule has 0 aliphatic heterocycles. The highest BCUT2D eigenvalue weighted by atomic mass is 32.2. The highest BCUT2D eigenvalue weighted by Gasteiger charge is 2.15. The first-order chi connectivity index (χ1) is 12.7. The molecule has 0 aliphatic carbocycles. The summed E-state index contributed by atoms with van der Waals surface area (Å²) in [6.07, 6.45) is 1.04. The van der Waals surface area contributed by atoms with Gasteiger partial charge in [-0.2, -0.15) is 0 Å². The van der Waals surface area contributed by atoms with Crippen molar-refractivity contribution in [2.45, 2.75) is 0 Å². The van der Waals surface area contributed by atoms with E-state index in [1.807, 2.05) is 0 Å². The van der Waals surface area contributed by atoms with Gasteiger partial charge in [0.1, 0.15) is 5.75 Å². The lowest BCUT2D eigenvalue weighted by molar-refractivity contribution is -0.116. The molecular formula is C18H21N3O5S. The lowest BCUT2D eigenvalue weighted by Crippen LogP contribution is -2.34. The number of rotatable bonds is 7. The minimum Gasteiger partial charge on any atom is -0.497 e. The number of hydrogen-bond donors (Lipinski definition) is 2. The molecule has 0 atom stereocenters. The molecule has 8 nitrogen and oxygen atoms in total. The minimum absolute atomic E-state index is 0.140. The largest absolute Gasteiger partial charge is 0.497 e. The minimum atomic E-state index is -3.38. The van der Waals surface area contributed by atoms with Crippen molar-refractivity contribution in [2.24, 2.45) is 0 Å². The second-order valence-electron chi connectivity index (χ2n) is 5.89. The van der Waals surface area contributed by atoms with E-state index in [1.165, 1.54) is 43.3 Å². The van der Waals surface area contributed by atoms with Gasteiger partial charge in [0.15, 0.2) is 0 Å². The lowest BCUT2D eigenvalue weighted by Gasteiger charge is -2.17. The number of carbonyl (C=O) groups is 2. The molecule has 0 heterocycles. The molecule has 0 saturated carbocycles. The molecule has 9 heteroatoms. The maximum Gasteiger partial charge on any atom is 0.254 e. The number of hydrogen-bond acceptors (Lipinski definition) is 5. The zero-order valence-electron chi connectivity index (χ0n) is 15.2. The number of benzene rings is 2. The maximum atomic E-state index is 12.4. The molecule has 2 rings (SSSR count). The third-order valence-corrected chi connectivity index (χ3v) is 4.12. The highest BCUT2D eigenvalue weighted by molar-refractivity contribution is 7.92. The van der Waals surface area contributed by atoms with Crippen molar-refractivity contribution in [3.8, 4) is 5.75 Å². The number of nitrogens with zero attached hydrogens (tertiary/aromatic N) is 1. The van der Waals surface area contributed by atoms with E-state index in [2.05, 4.69) is 10.0 Å². The normalized spacial score (nSPS) is 10.8. The molecule has 2 aromatic rings. The maximum absolute atomic E-state index is 12.4. The molecule has 2 amide bonds. The summed E-state index contributed by atoms with van der Waals surface area (Å²) in [5, 5.41) is 2.70. The Labute approximate surface area is 158 Å². The number of likely N-dealkylation sites (N-methyl/N-ethyl adjacent to an activating group) is 1. The van der Waals surface area contributed by atoms with Crippen LogP contribution >= 0.6 is 0 Å². The van der Waals surface area contributed by atoms with E-state index >= 15 is 0 Å². The molecule has 2 aromatic carbocycles.